The highest BCUT2D eigenvalue weighted by molar-refractivity contribution is 7.10. The van der Waals surface area contributed by atoms with Crippen LogP contribution in [0.1, 0.15) is 58.1 Å². The SMILES string of the molecule is O=C(NC1CC2(C1)CC(c1n[nH]c(=O)c3ccccc13)C2)c1csc2c1CCNC2. The van der Waals surface area contributed by atoms with Crippen molar-refractivity contribution in [2.75, 3.05) is 6.54 Å². The van der Waals surface area contributed by atoms with Crippen molar-refractivity contribution in [2.45, 2.75) is 50.6 Å². The summed E-state index contributed by atoms with van der Waals surface area (Å²) in [7, 11) is 0. The maximum absolute atomic E-state index is 12.8. The molecule has 154 valence electrons. The largest absolute Gasteiger partial charge is 0.349 e. The van der Waals surface area contributed by atoms with Crippen LogP contribution in [0.15, 0.2) is 34.4 Å². The van der Waals surface area contributed by atoms with E-state index in [0.29, 0.717) is 11.3 Å². The Kier molecular flexibility index (Phi) is 4.11. The lowest BCUT2D eigenvalue weighted by molar-refractivity contribution is -0.0196. The molecule has 2 saturated carbocycles. The van der Waals surface area contributed by atoms with Gasteiger partial charge in [0.15, 0.2) is 0 Å². The van der Waals surface area contributed by atoms with Crippen molar-refractivity contribution in [3.8, 4) is 0 Å². The van der Waals surface area contributed by atoms with E-state index in [-0.39, 0.29) is 17.5 Å². The van der Waals surface area contributed by atoms with E-state index in [0.717, 1.165) is 67.2 Å². The number of benzene rings is 1. The summed E-state index contributed by atoms with van der Waals surface area (Å²) in [6, 6.07) is 8.00. The molecule has 1 aromatic carbocycles. The summed E-state index contributed by atoms with van der Waals surface area (Å²) in [5, 5.41) is 17.4. The Labute approximate surface area is 178 Å². The van der Waals surface area contributed by atoms with E-state index in [1.807, 2.05) is 29.6 Å². The minimum atomic E-state index is -0.124. The van der Waals surface area contributed by atoms with E-state index in [9.17, 15) is 9.59 Å². The van der Waals surface area contributed by atoms with E-state index >= 15 is 0 Å². The highest BCUT2D eigenvalue weighted by Gasteiger charge is 2.54. The first-order valence-corrected chi connectivity index (χ1v) is 11.6. The van der Waals surface area contributed by atoms with Crippen LogP contribution in [0, 0.1) is 5.41 Å². The van der Waals surface area contributed by atoms with Gasteiger partial charge in [-0.25, -0.2) is 5.10 Å². The summed E-state index contributed by atoms with van der Waals surface area (Å²) in [5.74, 6) is 0.484. The number of amides is 1. The number of fused-ring (bicyclic) bond motifs is 2. The summed E-state index contributed by atoms with van der Waals surface area (Å²) in [6.45, 7) is 1.83. The molecule has 2 aromatic heterocycles. The fourth-order valence-corrected chi connectivity index (χ4v) is 6.81. The van der Waals surface area contributed by atoms with Gasteiger partial charge in [-0.1, -0.05) is 18.2 Å². The Morgan fingerprint density at radius 2 is 1.97 bits per heavy atom. The molecule has 0 unspecified atom stereocenters. The number of aromatic nitrogens is 2. The average Bonchev–Trinajstić information content (AvgIpc) is 3.14. The molecule has 3 aromatic rings. The molecule has 1 aliphatic heterocycles. The number of aromatic amines is 1. The van der Waals surface area contributed by atoms with Gasteiger partial charge in [0.2, 0.25) is 0 Å². The first kappa shape index (κ1) is 18.3. The van der Waals surface area contributed by atoms with E-state index in [4.69, 9.17) is 0 Å². The van der Waals surface area contributed by atoms with Gasteiger partial charge in [0.1, 0.15) is 0 Å². The van der Waals surface area contributed by atoms with Crippen LogP contribution in [-0.4, -0.2) is 28.7 Å². The second-order valence-corrected chi connectivity index (χ2v) is 10.1. The Morgan fingerprint density at radius 1 is 1.17 bits per heavy atom. The number of hydrogen-bond acceptors (Lipinski definition) is 5. The third-order valence-corrected chi connectivity index (χ3v) is 8.26. The fourth-order valence-electron chi connectivity index (χ4n) is 5.76. The lowest BCUT2D eigenvalue weighted by Gasteiger charge is -2.57. The molecular weight excluding hydrogens is 396 g/mol. The van der Waals surface area contributed by atoms with Crippen molar-refractivity contribution in [3.63, 3.8) is 0 Å². The first-order valence-electron chi connectivity index (χ1n) is 10.7. The van der Waals surface area contributed by atoms with Crippen molar-refractivity contribution < 1.29 is 4.79 Å². The Bertz CT molecular complexity index is 1200. The quantitative estimate of drug-likeness (QED) is 0.608. The summed E-state index contributed by atoms with van der Waals surface area (Å²) >= 11 is 1.69. The summed E-state index contributed by atoms with van der Waals surface area (Å²) < 4.78 is 0. The van der Waals surface area contributed by atoms with Crippen molar-refractivity contribution in [1.82, 2.24) is 20.8 Å². The molecule has 0 bridgehead atoms. The number of carbonyl (C=O) groups is 1. The molecular formula is C23H24N4O2S. The molecule has 3 heterocycles. The van der Waals surface area contributed by atoms with Crippen LogP contribution >= 0.6 is 11.3 Å². The van der Waals surface area contributed by atoms with Gasteiger partial charge in [-0.3, -0.25) is 9.59 Å². The molecule has 1 amide bonds. The van der Waals surface area contributed by atoms with Gasteiger partial charge in [0.05, 0.1) is 16.6 Å². The normalized spacial score (nSPS) is 27.3. The molecule has 6 nitrogen and oxygen atoms in total. The van der Waals surface area contributed by atoms with Crippen LogP contribution < -0.4 is 16.2 Å². The van der Waals surface area contributed by atoms with Crippen LogP contribution in [0.25, 0.3) is 10.8 Å². The number of thiophene rings is 1. The number of nitrogens with zero attached hydrogens (tertiary/aromatic N) is 1. The van der Waals surface area contributed by atoms with Crippen molar-refractivity contribution in [2.24, 2.45) is 5.41 Å². The van der Waals surface area contributed by atoms with Crippen molar-refractivity contribution in [3.05, 3.63) is 61.7 Å². The van der Waals surface area contributed by atoms with Crippen LogP contribution in [0.2, 0.25) is 0 Å². The van der Waals surface area contributed by atoms with Gasteiger partial charge >= 0.3 is 0 Å². The summed E-state index contributed by atoms with van der Waals surface area (Å²) in [5.41, 5.74) is 3.35. The van der Waals surface area contributed by atoms with Crippen LogP contribution in [0.5, 0.6) is 0 Å². The van der Waals surface area contributed by atoms with E-state index < -0.39 is 0 Å². The highest BCUT2D eigenvalue weighted by Crippen LogP contribution is 2.62. The zero-order valence-corrected chi connectivity index (χ0v) is 17.5. The molecule has 30 heavy (non-hydrogen) atoms. The van der Waals surface area contributed by atoms with Crippen LogP contribution in [-0.2, 0) is 13.0 Å². The first-order chi connectivity index (χ1) is 14.6. The number of rotatable bonds is 3. The standard InChI is InChI=1S/C23H24N4O2S/c28-21(18-12-30-19-11-24-6-5-15(18)19)25-14-9-23(10-14)7-13(8-23)20-16-3-1-2-4-17(16)22(29)27-26-20/h1-4,12-14,24H,5-11H2,(H,25,28)(H,27,29). The van der Waals surface area contributed by atoms with Gasteiger partial charge in [-0.2, -0.15) is 5.10 Å². The fraction of sp³-hybridized carbons (Fsp3) is 0.435. The third-order valence-electron chi connectivity index (χ3n) is 7.23. The molecule has 0 saturated heterocycles. The minimum absolute atomic E-state index is 0.0958. The van der Waals surface area contributed by atoms with Crippen molar-refractivity contribution in [1.29, 1.82) is 0 Å². The van der Waals surface area contributed by atoms with Gasteiger partial charge in [0.25, 0.3) is 11.5 Å². The third kappa shape index (κ3) is 2.83. The summed E-state index contributed by atoms with van der Waals surface area (Å²) in [6.07, 6.45) is 5.21. The molecule has 2 fully saturated rings. The molecule has 6 rings (SSSR count). The zero-order chi connectivity index (χ0) is 20.3. The average molecular weight is 421 g/mol. The van der Waals surface area contributed by atoms with Gasteiger partial charge in [-0.05, 0) is 55.7 Å². The maximum Gasteiger partial charge on any atom is 0.272 e. The highest BCUT2D eigenvalue weighted by atomic mass is 32.1. The Hall–Kier alpha value is -2.51. The summed E-state index contributed by atoms with van der Waals surface area (Å²) in [4.78, 5) is 26.1. The molecule has 2 aliphatic carbocycles. The predicted octanol–water partition coefficient (Wildman–Crippen LogP) is 3.09. The molecule has 1 spiro atoms. The zero-order valence-electron chi connectivity index (χ0n) is 16.7. The van der Waals surface area contributed by atoms with E-state index in [1.54, 1.807) is 11.3 Å². The molecule has 0 radical (unpaired) electrons. The molecule has 3 aliphatic rings. The topological polar surface area (TPSA) is 86.9 Å². The number of H-pyrrole nitrogens is 1. The minimum Gasteiger partial charge on any atom is -0.349 e. The molecule has 0 atom stereocenters. The number of hydrogen-bond donors (Lipinski definition) is 3. The Morgan fingerprint density at radius 3 is 2.80 bits per heavy atom. The van der Waals surface area contributed by atoms with Gasteiger partial charge < -0.3 is 10.6 Å². The van der Waals surface area contributed by atoms with Gasteiger partial charge in [-0.15, -0.1) is 11.3 Å². The lowest BCUT2D eigenvalue weighted by atomic mass is 9.49. The van der Waals surface area contributed by atoms with Crippen LogP contribution in [0.4, 0.5) is 0 Å². The smallest absolute Gasteiger partial charge is 0.272 e. The van der Waals surface area contributed by atoms with E-state index in [1.165, 1.54) is 10.4 Å². The monoisotopic (exact) mass is 420 g/mol. The van der Waals surface area contributed by atoms with Crippen LogP contribution in [0.3, 0.4) is 0 Å². The van der Waals surface area contributed by atoms with Crippen molar-refractivity contribution >= 4 is 28.0 Å². The predicted molar refractivity (Wildman–Crippen MR) is 117 cm³/mol. The number of nitrogens with one attached hydrogen (secondary N) is 3. The second-order valence-electron chi connectivity index (χ2n) is 9.15. The maximum atomic E-state index is 12.8. The molecule has 3 N–H and O–H groups in total. The Balaban J connectivity index is 1.10. The number of carbonyl (C=O) groups excluding carboxylic acids is 1. The lowest BCUT2D eigenvalue weighted by Crippen LogP contribution is -2.55. The van der Waals surface area contributed by atoms with E-state index in [2.05, 4.69) is 20.8 Å². The van der Waals surface area contributed by atoms with Gasteiger partial charge in [0, 0.05) is 34.1 Å². The molecule has 7 heteroatoms. The second kappa shape index (κ2) is 6.75.